The van der Waals surface area contributed by atoms with E-state index in [1.54, 1.807) is 12.1 Å². The minimum atomic E-state index is -4.33. The number of alkyl halides is 3. The Morgan fingerprint density at radius 2 is 1.30 bits per heavy atom. The van der Waals surface area contributed by atoms with E-state index in [1.165, 1.54) is 50.5 Å². The monoisotopic (exact) mass is 597 g/mol. The number of benzene rings is 2. The molecule has 0 aliphatic heterocycles. The molecule has 3 aromatic rings. The van der Waals surface area contributed by atoms with Gasteiger partial charge in [-0.3, -0.25) is 4.98 Å². The van der Waals surface area contributed by atoms with Crippen molar-refractivity contribution >= 4 is 5.97 Å². The second-order valence-corrected chi connectivity index (χ2v) is 11.2. The Hall–Kier alpha value is -3.19. The zero-order valence-electron chi connectivity index (χ0n) is 25.6. The Morgan fingerprint density at radius 3 is 1.93 bits per heavy atom. The van der Waals surface area contributed by atoms with Crippen molar-refractivity contribution in [3.05, 3.63) is 78.0 Å². The van der Waals surface area contributed by atoms with Gasteiger partial charge in [0.05, 0.1) is 17.9 Å². The standard InChI is InChI=1S/C36H46F3NO3/c1-3-4-5-6-7-8-11-14-29-15-17-30(18-16-29)33-23-24-34(40-27-33)31-19-21-32(22-20-31)35(41)43-26-13-10-9-12-25-42-28(2)36(37,38)39/h15-24,27-28H,3-14,25-26H2,1-2H3. The number of aryl methyl sites for hydroxylation is 1. The maximum absolute atomic E-state index is 12.4. The molecular formula is C36H46F3NO3. The normalized spacial score (nSPS) is 12.3. The summed E-state index contributed by atoms with van der Waals surface area (Å²) in [7, 11) is 0. The van der Waals surface area contributed by atoms with Crippen molar-refractivity contribution in [1.29, 1.82) is 0 Å². The highest BCUT2D eigenvalue weighted by molar-refractivity contribution is 5.90. The van der Waals surface area contributed by atoms with E-state index in [0.29, 0.717) is 24.8 Å². The molecule has 0 spiro atoms. The first-order valence-electron chi connectivity index (χ1n) is 15.8. The maximum Gasteiger partial charge on any atom is 0.414 e. The summed E-state index contributed by atoms with van der Waals surface area (Å²) in [4.78, 5) is 17.0. The van der Waals surface area contributed by atoms with Crippen LogP contribution in [0.25, 0.3) is 22.4 Å². The highest BCUT2D eigenvalue weighted by Crippen LogP contribution is 2.25. The lowest BCUT2D eigenvalue weighted by Crippen LogP contribution is -2.28. The summed E-state index contributed by atoms with van der Waals surface area (Å²) in [5, 5.41) is 0. The average molecular weight is 598 g/mol. The summed E-state index contributed by atoms with van der Waals surface area (Å²) >= 11 is 0. The summed E-state index contributed by atoms with van der Waals surface area (Å²) < 4.78 is 47.4. The van der Waals surface area contributed by atoms with Gasteiger partial charge in [-0.05, 0) is 68.4 Å². The lowest BCUT2D eigenvalue weighted by atomic mass is 10.0. The predicted octanol–water partition coefficient (Wildman–Crippen LogP) is 10.4. The van der Waals surface area contributed by atoms with Crippen LogP contribution >= 0.6 is 0 Å². The number of carbonyl (C=O) groups excluding carboxylic acids is 1. The van der Waals surface area contributed by atoms with Gasteiger partial charge in [0, 0.05) is 23.9 Å². The van der Waals surface area contributed by atoms with Crippen molar-refractivity contribution in [2.24, 2.45) is 0 Å². The zero-order chi connectivity index (χ0) is 30.9. The van der Waals surface area contributed by atoms with Crippen molar-refractivity contribution in [3.63, 3.8) is 0 Å². The number of nitrogens with zero attached hydrogens (tertiary/aromatic N) is 1. The predicted molar refractivity (Wildman–Crippen MR) is 167 cm³/mol. The Morgan fingerprint density at radius 1 is 0.721 bits per heavy atom. The molecule has 1 aromatic heterocycles. The molecule has 0 saturated heterocycles. The summed E-state index contributed by atoms with van der Waals surface area (Å²) in [6.45, 7) is 3.60. The molecule has 0 N–H and O–H groups in total. The maximum atomic E-state index is 12.4. The van der Waals surface area contributed by atoms with Gasteiger partial charge in [-0.25, -0.2) is 4.79 Å². The van der Waals surface area contributed by atoms with Gasteiger partial charge in [-0.2, -0.15) is 13.2 Å². The van der Waals surface area contributed by atoms with Crippen LogP contribution in [0, 0.1) is 0 Å². The number of aromatic nitrogens is 1. The van der Waals surface area contributed by atoms with Gasteiger partial charge in [-0.1, -0.05) is 94.3 Å². The molecule has 0 bridgehead atoms. The quantitative estimate of drug-likeness (QED) is 0.102. The van der Waals surface area contributed by atoms with Gasteiger partial charge in [0.2, 0.25) is 0 Å². The Bertz CT molecular complexity index is 1190. The third kappa shape index (κ3) is 12.5. The van der Waals surface area contributed by atoms with E-state index in [-0.39, 0.29) is 13.2 Å². The Labute approximate surface area is 255 Å². The van der Waals surface area contributed by atoms with Crippen molar-refractivity contribution in [2.75, 3.05) is 13.2 Å². The molecule has 4 nitrogen and oxygen atoms in total. The molecule has 234 valence electrons. The molecule has 1 heterocycles. The SMILES string of the molecule is CCCCCCCCCc1ccc(-c2ccc(-c3ccc(C(=O)OCCCCCCOC(C)C(F)(F)F)cc3)nc2)cc1. The van der Waals surface area contributed by atoms with Gasteiger partial charge in [-0.15, -0.1) is 0 Å². The van der Waals surface area contributed by atoms with Crippen LogP contribution in [0.2, 0.25) is 0 Å². The lowest BCUT2D eigenvalue weighted by Gasteiger charge is -2.16. The van der Waals surface area contributed by atoms with Crippen LogP contribution in [0.5, 0.6) is 0 Å². The van der Waals surface area contributed by atoms with E-state index in [4.69, 9.17) is 9.47 Å². The first-order chi connectivity index (χ1) is 20.8. The molecule has 1 unspecified atom stereocenters. The molecule has 0 aliphatic carbocycles. The fourth-order valence-corrected chi connectivity index (χ4v) is 4.82. The number of halogens is 3. The van der Waals surface area contributed by atoms with E-state index in [0.717, 1.165) is 42.1 Å². The van der Waals surface area contributed by atoms with Crippen LogP contribution in [0.15, 0.2) is 66.9 Å². The largest absolute Gasteiger partial charge is 0.462 e. The van der Waals surface area contributed by atoms with Crippen LogP contribution in [-0.2, 0) is 15.9 Å². The van der Waals surface area contributed by atoms with Crippen molar-refractivity contribution in [3.8, 4) is 22.4 Å². The number of pyridine rings is 1. The number of unbranched alkanes of at least 4 members (excludes halogenated alkanes) is 9. The van der Waals surface area contributed by atoms with Crippen molar-refractivity contribution in [2.45, 2.75) is 103 Å². The summed E-state index contributed by atoms with van der Waals surface area (Å²) in [5.41, 5.74) is 5.79. The van der Waals surface area contributed by atoms with Gasteiger partial charge in [0.1, 0.15) is 0 Å². The van der Waals surface area contributed by atoms with Crippen LogP contribution in [0.1, 0.15) is 100 Å². The van der Waals surface area contributed by atoms with E-state index < -0.39 is 18.2 Å². The topological polar surface area (TPSA) is 48.4 Å². The number of ether oxygens (including phenoxy) is 2. The molecule has 3 rings (SSSR count). The first kappa shape index (κ1) is 34.3. The average Bonchev–Trinajstić information content (AvgIpc) is 3.01. The minimum Gasteiger partial charge on any atom is -0.462 e. The van der Waals surface area contributed by atoms with Crippen molar-refractivity contribution < 1.29 is 27.4 Å². The molecule has 7 heteroatoms. The van der Waals surface area contributed by atoms with Crippen LogP contribution < -0.4 is 0 Å². The summed E-state index contributed by atoms with van der Waals surface area (Å²) in [5.74, 6) is -0.396. The van der Waals surface area contributed by atoms with E-state index in [9.17, 15) is 18.0 Å². The van der Waals surface area contributed by atoms with Crippen LogP contribution in [0.4, 0.5) is 13.2 Å². The minimum absolute atomic E-state index is 0.0664. The molecule has 0 aliphatic rings. The second kappa shape index (κ2) is 18.5. The van der Waals surface area contributed by atoms with E-state index in [2.05, 4.69) is 42.2 Å². The van der Waals surface area contributed by atoms with E-state index in [1.807, 2.05) is 24.4 Å². The van der Waals surface area contributed by atoms with E-state index >= 15 is 0 Å². The molecule has 1 atom stereocenters. The smallest absolute Gasteiger partial charge is 0.414 e. The molecule has 0 amide bonds. The fraction of sp³-hybridized carbons (Fsp3) is 0.500. The van der Waals surface area contributed by atoms with Crippen LogP contribution in [0.3, 0.4) is 0 Å². The highest BCUT2D eigenvalue weighted by Gasteiger charge is 2.36. The molecule has 2 aromatic carbocycles. The number of hydrogen-bond donors (Lipinski definition) is 0. The lowest BCUT2D eigenvalue weighted by molar-refractivity contribution is -0.214. The fourth-order valence-electron chi connectivity index (χ4n) is 4.82. The van der Waals surface area contributed by atoms with Crippen LogP contribution in [-0.4, -0.2) is 36.4 Å². The molecule has 0 fully saturated rings. The van der Waals surface area contributed by atoms with Gasteiger partial charge in [0.15, 0.2) is 6.10 Å². The second-order valence-electron chi connectivity index (χ2n) is 11.2. The summed E-state index contributed by atoms with van der Waals surface area (Å²) in [6, 6.07) is 20.0. The Balaban J connectivity index is 1.36. The first-order valence-corrected chi connectivity index (χ1v) is 15.8. The number of hydrogen-bond acceptors (Lipinski definition) is 4. The number of carbonyl (C=O) groups is 1. The molecule has 0 radical (unpaired) electrons. The van der Waals surface area contributed by atoms with Gasteiger partial charge < -0.3 is 9.47 Å². The van der Waals surface area contributed by atoms with Gasteiger partial charge >= 0.3 is 12.1 Å². The molecule has 43 heavy (non-hydrogen) atoms. The third-order valence-corrected chi connectivity index (χ3v) is 7.64. The number of rotatable bonds is 19. The summed E-state index contributed by atoms with van der Waals surface area (Å²) in [6.07, 6.45) is 8.83. The Kier molecular flexibility index (Phi) is 14.7. The zero-order valence-corrected chi connectivity index (χ0v) is 25.6. The van der Waals surface area contributed by atoms with Crippen molar-refractivity contribution in [1.82, 2.24) is 4.98 Å². The molecular weight excluding hydrogens is 551 g/mol. The number of esters is 1. The molecule has 0 saturated carbocycles. The third-order valence-electron chi connectivity index (χ3n) is 7.64. The highest BCUT2D eigenvalue weighted by atomic mass is 19.4. The van der Waals surface area contributed by atoms with Gasteiger partial charge in [0.25, 0.3) is 0 Å².